The Balaban J connectivity index is 1.83. The predicted octanol–water partition coefficient (Wildman–Crippen LogP) is 2.69. The van der Waals surface area contributed by atoms with Crippen molar-refractivity contribution < 1.29 is 18.7 Å². The summed E-state index contributed by atoms with van der Waals surface area (Å²) in [5, 5.41) is 8.80. The molecule has 1 N–H and O–H groups in total. The van der Waals surface area contributed by atoms with Crippen LogP contribution in [0.2, 0.25) is 0 Å². The van der Waals surface area contributed by atoms with E-state index in [9.17, 15) is 13.6 Å². The maximum Gasteiger partial charge on any atom is 0.317 e. The number of carbonyl (C=O) groups is 1. The van der Waals surface area contributed by atoms with Gasteiger partial charge < -0.3 is 5.11 Å². The maximum atomic E-state index is 13.1. The molecule has 0 amide bonds. The molecular formula is C15H19F2NO2. The summed E-state index contributed by atoms with van der Waals surface area (Å²) in [6, 6.07) is 4.01. The van der Waals surface area contributed by atoms with Crippen LogP contribution in [0.1, 0.15) is 24.8 Å². The maximum absolute atomic E-state index is 13.1. The zero-order chi connectivity index (χ0) is 14.5. The number of carboxylic acid groups (broad SMARTS) is 1. The van der Waals surface area contributed by atoms with Gasteiger partial charge in [-0.05, 0) is 55.8 Å². The minimum Gasteiger partial charge on any atom is -0.480 e. The number of benzene rings is 1. The Kier molecular flexibility index (Phi) is 5.06. The Bertz CT molecular complexity index is 479. The first-order chi connectivity index (χ1) is 9.54. The molecule has 0 aromatic heterocycles. The normalized spacial score (nSPS) is 20.0. The van der Waals surface area contributed by atoms with Crippen LogP contribution in [0.15, 0.2) is 18.2 Å². The molecule has 0 bridgehead atoms. The van der Waals surface area contributed by atoms with Gasteiger partial charge in [0.25, 0.3) is 0 Å². The van der Waals surface area contributed by atoms with Crippen LogP contribution in [-0.2, 0) is 11.2 Å². The lowest BCUT2D eigenvalue weighted by atomic mass is 9.91. The highest BCUT2D eigenvalue weighted by molar-refractivity contribution is 5.69. The van der Waals surface area contributed by atoms with Crippen LogP contribution in [-0.4, -0.2) is 35.6 Å². The summed E-state index contributed by atoms with van der Waals surface area (Å²) >= 11 is 0. The van der Waals surface area contributed by atoms with Gasteiger partial charge in [0.15, 0.2) is 11.6 Å². The molecule has 1 atom stereocenters. The number of aryl methyl sites for hydroxylation is 1. The highest BCUT2D eigenvalue weighted by atomic mass is 19.2. The summed E-state index contributed by atoms with van der Waals surface area (Å²) in [6.07, 6.45) is 3.64. The largest absolute Gasteiger partial charge is 0.480 e. The van der Waals surface area contributed by atoms with Crippen molar-refractivity contribution in [3.05, 3.63) is 35.4 Å². The number of rotatable bonds is 5. The highest BCUT2D eigenvalue weighted by Crippen LogP contribution is 2.22. The molecule has 1 unspecified atom stereocenters. The van der Waals surface area contributed by atoms with E-state index in [4.69, 9.17) is 5.11 Å². The first-order valence-corrected chi connectivity index (χ1v) is 6.92. The second-order valence-corrected chi connectivity index (χ2v) is 5.42. The third kappa shape index (κ3) is 4.27. The van der Waals surface area contributed by atoms with E-state index < -0.39 is 17.6 Å². The molecule has 0 radical (unpaired) electrons. The van der Waals surface area contributed by atoms with Gasteiger partial charge >= 0.3 is 5.97 Å². The van der Waals surface area contributed by atoms with E-state index in [1.54, 1.807) is 6.07 Å². The Labute approximate surface area is 117 Å². The fourth-order valence-corrected chi connectivity index (χ4v) is 2.79. The molecule has 5 heteroatoms. The number of hydrogen-bond acceptors (Lipinski definition) is 2. The van der Waals surface area contributed by atoms with Gasteiger partial charge in [0.1, 0.15) is 0 Å². The van der Waals surface area contributed by atoms with Crippen LogP contribution >= 0.6 is 0 Å². The van der Waals surface area contributed by atoms with Crippen molar-refractivity contribution in [1.29, 1.82) is 0 Å². The lowest BCUT2D eigenvalue weighted by Gasteiger charge is -2.31. The fraction of sp³-hybridized carbons (Fsp3) is 0.533. The third-order valence-electron chi connectivity index (χ3n) is 3.79. The van der Waals surface area contributed by atoms with Gasteiger partial charge in [-0.25, -0.2) is 8.78 Å². The van der Waals surface area contributed by atoms with Crippen LogP contribution in [0, 0.1) is 17.6 Å². The lowest BCUT2D eigenvalue weighted by molar-refractivity contribution is -0.138. The molecule has 2 rings (SSSR count). The quantitative estimate of drug-likeness (QED) is 0.903. The van der Waals surface area contributed by atoms with Crippen molar-refractivity contribution >= 4 is 5.97 Å². The Morgan fingerprint density at radius 3 is 2.85 bits per heavy atom. The molecule has 0 aliphatic carbocycles. The molecule has 1 aromatic rings. The van der Waals surface area contributed by atoms with Gasteiger partial charge in [0.05, 0.1) is 6.54 Å². The van der Waals surface area contributed by atoms with Crippen LogP contribution in [0.4, 0.5) is 8.78 Å². The van der Waals surface area contributed by atoms with Gasteiger partial charge in [0.2, 0.25) is 0 Å². The fourth-order valence-electron chi connectivity index (χ4n) is 2.79. The van der Waals surface area contributed by atoms with Crippen LogP contribution in [0.5, 0.6) is 0 Å². The van der Waals surface area contributed by atoms with E-state index in [0.29, 0.717) is 12.3 Å². The Morgan fingerprint density at radius 2 is 2.15 bits per heavy atom. The summed E-state index contributed by atoms with van der Waals surface area (Å²) in [6.45, 7) is 1.69. The minimum atomic E-state index is -0.820. The minimum absolute atomic E-state index is 0.0850. The van der Waals surface area contributed by atoms with Gasteiger partial charge in [-0.2, -0.15) is 0 Å². The van der Waals surface area contributed by atoms with E-state index >= 15 is 0 Å². The van der Waals surface area contributed by atoms with E-state index in [2.05, 4.69) is 0 Å². The second-order valence-electron chi connectivity index (χ2n) is 5.42. The number of nitrogens with zero attached hydrogens (tertiary/aromatic N) is 1. The average Bonchev–Trinajstić information content (AvgIpc) is 2.40. The summed E-state index contributed by atoms with van der Waals surface area (Å²) in [4.78, 5) is 12.7. The zero-order valence-electron chi connectivity index (χ0n) is 11.3. The van der Waals surface area contributed by atoms with Gasteiger partial charge in [-0.1, -0.05) is 6.07 Å². The SMILES string of the molecule is O=C(O)CN1CCCC(CCc2ccc(F)c(F)c2)C1. The number of piperidine rings is 1. The molecule has 20 heavy (non-hydrogen) atoms. The average molecular weight is 283 g/mol. The molecule has 0 spiro atoms. The molecule has 110 valence electrons. The van der Waals surface area contributed by atoms with Crippen molar-refractivity contribution in [2.45, 2.75) is 25.7 Å². The number of aliphatic carboxylic acids is 1. The zero-order valence-corrected chi connectivity index (χ0v) is 11.3. The number of halogens is 2. The summed E-state index contributed by atoms with van der Waals surface area (Å²) in [5.41, 5.74) is 0.791. The predicted molar refractivity (Wildman–Crippen MR) is 71.5 cm³/mol. The van der Waals surface area contributed by atoms with Crippen molar-refractivity contribution in [2.75, 3.05) is 19.6 Å². The Hall–Kier alpha value is -1.49. The monoisotopic (exact) mass is 283 g/mol. The molecule has 0 saturated carbocycles. The third-order valence-corrected chi connectivity index (χ3v) is 3.79. The van der Waals surface area contributed by atoms with E-state index in [1.165, 1.54) is 6.07 Å². The summed E-state index contributed by atoms with van der Waals surface area (Å²) < 4.78 is 25.9. The van der Waals surface area contributed by atoms with Crippen molar-refractivity contribution in [3.63, 3.8) is 0 Å². The smallest absolute Gasteiger partial charge is 0.317 e. The Morgan fingerprint density at radius 1 is 1.35 bits per heavy atom. The molecule has 1 heterocycles. The van der Waals surface area contributed by atoms with Crippen LogP contribution in [0.25, 0.3) is 0 Å². The topological polar surface area (TPSA) is 40.5 Å². The second kappa shape index (κ2) is 6.79. The van der Waals surface area contributed by atoms with Crippen LogP contribution in [0.3, 0.4) is 0 Å². The standard InChI is InChI=1S/C15H19F2NO2/c16-13-6-5-11(8-14(13)17)3-4-12-2-1-7-18(9-12)10-15(19)20/h5-6,8,12H,1-4,7,9-10H2,(H,19,20). The van der Waals surface area contributed by atoms with Crippen molar-refractivity contribution in [3.8, 4) is 0 Å². The first-order valence-electron chi connectivity index (χ1n) is 6.92. The highest BCUT2D eigenvalue weighted by Gasteiger charge is 2.21. The molecule has 1 aliphatic heterocycles. The molecule has 1 saturated heterocycles. The van der Waals surface area contributed by atoms with E-state index in [-0.39, 0.29) is 6.54 Å². The number of hydrogen-bond donors (Lipinski definition) is 1. The number of carboxylic acids is 1. The van der Waals surface area contributed by atoms with Crippen LogP contribution < -0.4 is 0 Å². The van der Waals surface area contributed by atoms with E-state index in [0.717, 1.165) is 44.0 Å². The summed E-state index contributed by atoms with van der Waals surface area (Å²) in [5.74, 6) is -2.00. The van der Waals surface area contributed by atoms with E-state index in [1.807, 2.05) is 4.90 Å². The molecule has 3 nitrogen and oxygen atoms in total. The van der Waals surface area contributed by atoms with Crippen molar-refractivity contribution in [1.82, 2.24) is 4.90 Å². The number of likely N-dealkylation sites (tertiary alicyclic amines) is 1. The first kappa shape index (κ1) is 14.9. The van der Waals surface area contributed by atoms with Gasteiger partial charge in [-0.3, -0.25) is 9.69 Å². The molecule has 1 aromatic carbocycles. The van der Waals surface area contributed by atoms with Gasteiger partial charge in [-0.15, -0.1) is 0 Å². The molecular weight excluding hydrogens is 264 g/mol. The van der Waals surface area contributed by atoms with Crippen molar-refractivity contribution in [2.24, 2.45) is 5.92 Å². The molecule has 1 aliphatic rings. The lowest BCUT2D eigenvalue weighted by Crippen LogP contribution is -2.38. The summed E-state index contributed by atoms with van der Waals surface area (Å²) in [7, 11) is 0. The molecule has 1 fully saturated rings. The van der Waals surface area contributed by atoms with Gasteiger partial charge in [0, 0.05) is 6.54 Å².